The van der Waals surface area contributed by atoms with Crippen LogP contribution in [0.4, 0.5) is 0 Å². The molecule has 0 aliphatic rings. The van der Waals surface area contributed by atoms with Gasteiger partial charge in [-0.25, -0.2) is 0 Å². The second-order valence-electron chi connectivity index (χ2n) is 15.2. The van der Waals surface area contributed by atoms with Crippen molar-refractivity contribution in [2.24, 2.45) is 0 Å². The van der Waals surface area contributed by atoms with Crippen LogP contribution < -0.4 is 0 Å². The number of hydrogen-bond acceptors (Lipinski definition) is 3. The molecule has 0 radical (unpaired) electrons. The Balaban J connectivity index is 1.05. The quantitative estimate of drug-likeness (QED) is 0.169. The summed E-state index contributed by atoms with van der Waals surface area (Å²) in [5.74, 6) is 0. The van der Waals surface area contributed by atoms with Crippen molar-refractivity contribution in [3.8, 4) is 33.4 Å². The molecule has 0 atom stereocenters. The monoisotopic (exact) mass is 742 g/mol. The van der Waals surface area contributed by atoms with Crippen LogP contribution in [0.2, 0.25) is 0 Å². The minimum absolute atomic E-state index is 0.903. The second kappa shape index (κ2) is 11.7. The van der Waals surface area contributed by atoms with Crippen LogP contribution in [0.1, 0.15) is 0 Å². The lowest BCUT2D eigenvalue weighted by Gasteiger charge is -2.18. The van der Waals surface area contributed by atoms with Crippen molar-refractivity contribution in [2.75, 3.05) is 0 Å². The Labute approximate surface area is 330 Å². The summed E-state index contributed by atoms with van der Waals surface area (Å²) in [6.45, 7) is 0. The zero-order chi connectivity index (χ0) is 37.2. The Kier molecular flexibility index (Phi) is 6.35. The van der Waals surface area contributed by atoms with Gasteiger partial charge in [0.1, 0.15) is 16.7 Å². The molecular formula is C54H30O2S. The lowest BCUT2D eigenvalue weighted by Crippen LogP contribution is -1.91. The fraction of sp³-hybridized carbons (Fsp3) is 0. The third kappa shape index (κ3) is 4.46. The van der Waals surface area contributed by atoms with E-state index in [0.717, 1.165) is 33.1 Å². The van der Waals surface area contributed by atoms with E-state index in [1.165, 1.54) is 96.5 Å². The van der Waals surface area contributed by atoms with E-state index < -0.39 is 0 Å². The molecule has 0 N–H and O–H groups in total. The van der Waals surface area contributed by atoms with E-state index in [9.17, 15) is 0 Å². The smallest absolute Gasteiger partial charge is 0.136 e. The predicted molar refractivity (Wildman–Crippen MR) is 243 cm³/mol. The van der Waals surface area contributed by atoms with E-state index in [4.69, 9.17) is 8.83 Å². The van der Waals surface area contributed by atoms with Gasteiger partial charge in [-0.15, -0.1) is 11.3 Å². The molecule has 13 rings (SSSR count). The summed E-state index contributed by atoms with van der Waals surface area (Å²) in [6.07, 6.45) is 1.93. The third-order valence-corrected chi connectivity index (χ3v) is 13.3. The van der Waals surface area contributed by atoms with Crippen molar-refractivity contribution in [2.45, 2.75) is 0 Å². The highest BCUT2D eigenvalue weighted by molar-refractivity contribution is 7.26. The maximum atomic E-state index is 6.57. The maximum absolute atomic E-state index is 6.57. The van der Waals surface area contributed by atoms with Gasteiger partial charge in [0.25, 0.3) is 0 Å². The molecule has 0 aliphatic heterocycles. The van der Waals surface area contributed by atoms with Gasteiger partial charge in [-0.2, -0.15) is 0 Å². The first-order valence-electron chi connectivity index (χ1n) is 19.4. The summed E-state index contributed by atoms with van der Waals surface area (Å²) < 4.78 is 15.3. The molecule has 0 aliphatic carbocycles. The lowest BCUT2D eigenvalue weighted by molar-refractivity contribution is 0.617. The first kappa shape index (κ1) is 31.1. The highest BCUT2D eigenvalue weighted by atomic mass is 32.1. The van der Waals surface area contributed by atoms with Crippen molar-refractivity contribution < 1.29 is 8.83 Å². The molecule has 264 valence electrons. The SMILES string of the molecule is c1ccc2cc(-c3coc4ccc5c6ccc(-c7c8ccccc8c(-c8cccc9oc%10cc%11ccccc%11cc%10c89)c8ccccc78)cc6sc5c34)ccc2c1. The molecule has 0 fully saturated rings. The number of hydrogen-bond donors (Lipinski definition) is 0. The molecule has 0 amide bonds. The molecule has 0 bridgehead atoms. The van der Waals surface area contributed by atoms with E-state index in [0.29, 0.717) is 0 Å². The fourth-order valence-electron chi connectivity index (χ4n) is 9.53. The van der Waals surface area contributed by atoms with Crippen LogP contribution in [0.5, 0.6) is 0 Å². The second-order valence-corrected chi connectivity index (χ2v) is 16.2. The van der Waals surface area contributed by atoms with Gasteiger partial charge >= 0.3 is 0 Å². The molecule has 3 heterocycles. The molecular weight excluding hydrogens is 713 g/mol. The van der Waals surface area contributed by atoms with E-state index >= 15 is 0 Å². The Morgan fingerprint density at radius 2 is 1.00 bits per heavy atom. The van der Waals surface area contributed by atoms with Gasteiger partial charge in [-0.1, -0.05) is 133 Å². The third-order valence-electron chi connectivity index (χ3n) is 12.1. The van der Waals surface area contributed by atoms with Gasteiger partial charge in [0.15, 0.2) is 0 Å². The van der Waals surface area contributed by atoms with Gasteiger partial charge in [-0.3, -0.25) is 0 Å². The van der Waals surface area contributed by atoms with Crippen molar-refractivity contribution in [3.63, 3.8) is 0 Å². The van der Waals surface area contributed by atoms with Crippen LogP contribution in [-0.2, 0) is 0 Å². The number of thiophene rings is 1. The van der Waals surface area contributed by atoms with E-state index in [2.05, 4.69) is 176 Å². The highest BCUT2D eigenvalue weighted by Gasteiger charge is 2.22. The van der Waals surface area contributed by atoms with Crippen LogP contribution >= 0.6 is 11.3 Å². The summed E-state index contributed by atoms with van der Waals surface area (Å²) in [6, 6.07) is 64.0. The Morgan fingerprint density at radius 1 is 0.351 bits per heavy atom. The molecule has 3 heteroatoms. The minimum atomic E-state index is 0.903. The van der Waals surface area contributed by atoms with E-state index in [1.54, 1.807) is 0 Å². The topological polar surface area (TPSA) is 26.3 Å². The van der Waals surface area contributed by atoms with Crippen molar-refractivity contribution in [1.29, 1.82) is 0 Å². The van der Waals surface area contributed by atoms with E-state index in [-0.39, 0.29) is 0 Å². The molecule has 3 aromatic heterocycles. The van der Waals surface area contributed by atoms with Gasteiger partial charge in [0.2, 0.25) is 0 Å². The Bertz CT molecular complexity index is 3760. The number of furan rings is 2. The lowest BCUT2D eigenvalue weighted by atomic mass is 9.85. The Hall–Kier alpha value is -7.20. The van der Waals surface area contributed by atoms with Crippen LogP contribution in [0.3, 0.4) is 0 Å². The predicted octanol–water partition coefficient (Wildman–Crippen LogP) is 16.3. The zero-order valence-electron chi connectivity index (χ0n) is 30.5. The molecule has 0 saturated heterocycles. The largest absolute Gasteiger partial charge is 0.464 e. The molecule has 0 spiro atoms. The summed E-state index contributed by atoms with van der Waals surface area (Å²) >= 11 is 1.86. The van der Waals surface area contributed by atoms with Gasteiger partial charge in [0.05, 0.1) is 6.26 Å². The standard InChI is InChI=1S/C54H30O2S/c1-2-11-32-26-35(21-20-31(32)10-1)45-30-55-46-25-24-42-37-23-22-36(29-49(37)57-54(42)53(45)46)50-38-14-5-7-16-40(38)51(41-17-8-6-15-39(41)50)43-18-9-19-47-52(43)44-27-33-12-3-4-13-34(33)28-48(44)56-47/h1-30H. The van der Waals surface area contributed by atoms with E-state index in [1.807, 2.05) is 17.6 Å². The number of benzene rings is 10. The van der Waals surface area contributed by atoms with Crippen LogP contribution in [0.25, 0.3) is 130 Å². The van der Waals surface area contributed by atoms with Gasteiger partial charge in [0, 0.05) is 41.9 Å². The fourth-order valence-corrected chi connectivity index (χ4v) is 10.8. The highest BCUT2D eigenvalue weighted by Crippen LogP contribution is 2.49. The summed E-state index contributed by atoms with van der Waals surface area (Å²) in [7, 11) is 0. The minimum Gasteiger partial charge on any atom is -0.464 e. The summed E-state index contributed by atoms with van der Waals surface area (Å²) in [5, 5.41) is 15.8. The summed E-state index contributed by atoms with van der Waals surface area (Å²) in [4.78, 5) is 0. The Morgan fingerprint density at radius 3 is 1.77 bits per heavy atom. The first-order chi connectivity index (χ1) is 28.2. The molecule has 0 unspecified atom stereocenters. The first-order valence-corrected chi connectivity index (χ1v) is 20.2. The van der Waals surface area contributed by atoms with Gasteiger partial charge in [-0.05, 0) is 113 Å². The normalized spacial score (nSPS) is 12.2. The van der Waals surface area contributed by atoms with Crippen LogP contribution in [0.15, 0.2) is 191 Å². The molecule has 57 heavy (non-hydrogen) atoms. The summed E-state index contributed by atoms with van der Waals surface area (Å²) in [5.41, 5.74) is 9.92. The number of rotatable bonds is 3. The molecule has 13 aromatic rings. The van der Waals surface area contributed by atoms with Crippen LogP contribution in [-0.4, -0.2) is 0 Å². The average molecular weight is 743 g/mol. The molecule has 10 aromatic carbocycles. The zero-order valence-corrected chi connectivity index (χ0v) is 31.4. The van der Waals surface area contributed by atoms with Crippen molar-refractivity contribution in [1.82, 2.24) is 0 Å². The van der Waals surface area contributed by atoms with Crippen LogP contribution in [0, 0.1) is 0 Å². The molecule has 2 nitrogen and oxygen atoms in total. The maximum Gasteiger partial charge on any atom is 0.136 e. The van der Waals surface area contributed by atoms with Gasteiger partial charge < -0.3 is 8.83 Å². The average Bonchev–Trinajstić information content (AvgIpc) is 3.97. The number of fused-ring (bicyclic) bond motifs is 12. The van der Waals surface area contributed by atoms with Crippen molar-refractivity contribution >= 4 is 108 Å². The molecule has 0 saturated carbocycles. The van der Waals surface area contributed by atoms with Crippen molar-refractivity contribution in [3.05, 3.63) is 182 Å².